The third kappa shape index (κ3) is 4.28. The molecular weight excluding hydrogens is 304 g/mol. The molecule has 0 saturated carbocycles. The highest BCUT2D eigenvalue weighted by molar-refractivity contribution is 7.94. The summed E-state index contributed by atoms with van der Waals surface area (Å²) in [7, 11) is -7.24. The Morgan fingerprint density at radius 3 is 1.56 bits per heavy atom. The number of rotatable bonds is 6. The summed E-state index contributed by atoms with van der Waals surface area (Å²) in [5, 5.41) is 1.44. The second-order valence-corrected chi connectivity index (χ2v) is 8.24. The molecule has 0 bridgehead atoms. The fraction of sp³-hybridized carbons (Fsp3) is 0.500. The minimum Gasteiger partial charge on any atom is -0.261 e. The van der Waals surface area contributed by atoms with Gasteiger partial charge in [-0.15, -0.1) is 0 Å². The van der Waals surface area contributed by atoms with E-state index in [4.69, 9.17) is 8.37 Å². The summed E-state index contributed by atoms with van der Waals surface area (Å²) in [6, 6.07) is 0. The van der Waals surface area contributed by atoms with E-state index in [9.17, 15) is 21.0 Å². The molecule has 0 aliphatic carbocycles. The number of sulfone groups is 2. The molecule has 18 heavy (non-hydrogen) atoms. The summed E-state index contributed by atoms with van der Waals surface area (Å²) in [6.45, 7) is 6.23. The van der Waals surface area contributed by atoms with Crippen molar-refractivity contribution in [3.63, 3.8) is 0 Å². The summed E-state index contributed by atoms with van der Waals surface area (Å²) in [5.74, 6) is -1.08. The van der Waals surface area contributed by atoms with E-state index >= 15 is 0 Å². The smallest absolute Gasteiger partial charge is 0.261 e. The Kier molecular flexibility index (Phi) is 4.84. The highest BCUT2D eigenvalue weighted by Gasteiger charge is 2.39. The van der Waals surface area contributed by atoms with Crippen LogP contribution < -0.4 is 0 Å². The fourth-order valence-electron chi connectivity index (χ4n) is 1.21. The van der Waals surface area contributed by atoms with Crippen LogP contribution in [0.3, 0.4) is 0 Å². The molecule has 1 aliphatic heterocycles. The van der Waals surface area contributed by atoms with Crippen molar-refractivity contribution < 1.29 is 29.4 Å². The summed E-state index contributed by atoms with van der Waals surface area (Å²) >= 11 is -2.15. The average Bonchev–Trinajstić information content (AvgIpc) is 2.57. The van der Waals surface area contributed by atoms with E-state index in [1.54, 1.807) is 0 Å². The minimum atomic E-state index is -3.62. The molecule has 1 rings (SSSR count). The van der Waals surface area contributed by atoms with Crippen LogP contribution in [0.5, 0.6) is 0 Å². The van der Waals surface area contributed by atoms with Gasteiger partial charge in [-0.25, -0.2) is 16.8 Å². The van der Waals surface area contributed by atoms with Gasteiger partial charge < -0.3 is 0 Å². The number of hydrogen-bond donors (Lipinski definition) is 0. The molecule has 0 aromatic rings. The van der Waals surface area contributed by atoms with Gasteiger partial charge in [-0.3, -0.25) is 8.37 Å². The topological polar surface area (TPSA) is 104 Å². The molecule has 0 N–H and O–H groups in total. The summed E-state index contributed by atoms with van der Waals surface area (Å²) < 4.78 is 65.8. The highest BCUT2D eigenvalue weighted by atomic mass is 32.2. The van der Waals surface area contributed by atoms with Crippen LogP contribution in [0.4, 0.5) is 0 Å². The molecule has 0 aromatic heterocycles. The van der Waals surface area contributed by atoms with E-state index < -0.39 is 54.7 Å². The Morgan fingerprint density at radius 2 is 1.28 bits per heavy atom. The first-order valence-corrected chi connectivity index (χ1v) is 9.08. The summed E-state index contributed by atoms with van der Waals surface area (Å²) in [4.78, 5) is 0. The van der Waals surface area contributed by atoms with Gasteiger partial charge in [-0.1, -0.05) is 13.2 Å². The van der Waals surface area contributed by atoms with Crippen LogP contribution in [0, 0.1) is 0 Å². The van der Waals surface area contributed by atoms with Crippen molar-refractivity contribution in [1.82, 2.24) is 0 Å². The predicted octanol–water partition coefficient (Wildman–Crippen LogP) is -0.534. The SMILES string of the molecule is C=CS(=O)(=O)CC1OS(=O)OC1CS(=O)(=O)C=C. The molecule has 1 heterocycles. The van der Waals surface area contributed by atoms with Crippen molar-refractivity contribution in [3.8, 4) is 0 Å². The van der Waals surface area contributed by atoms with E-state index in [2.05, 4.69) is 13.2 Å². The molecule has 2 unspecified atom stereocenters. The van der Waals surface area contributed by atoms with Gasteiger partial charge in [-0.05, 0) is 0 Å². The number of hydrogen-bond acceptors (Lipinski definition) is 7. The van der Waals surface area contributed by atoms with E-state index in [-0.39, 0.29) is 0 Å². The normalized spacial score (nSPS) is 29.0. The van der Waals surface area contributed by atoms with Crippen LogP contribution >= 0.6 is 0 Å². The monoisotopic (exact) mass is 316 g/mol. The Morgan fingerprint density at radius 1 is 0.944 bits per heavy atom. The van der Waals surface area contributed by atoms with Crippen LogP contribution in [0.2, 0.25) is 0 Å². The predicted molar refractivity (Wildman–Crippen MR) is 65.9 cm³/mol. The molecular formula is C8H12O7S3. The first-order chi connectivity index (χ1) is 8.19. The van der Waals surface area contributed by atoms with Crippen LogP contribution in [0.15, 0.2) is 24.0 Å². The third-order valence-electron chi connectivity index (χ3n) is 2.12. The molecule has 10 heteroatoms. The van der Waals surface area contributed by atoms with Crippen LogP contribution in [-0.4, -0.2) is 44.8 Å². The van der Waals surface area contributed by atoms with Crippen molar-refractivity contribution in [2.24, 2.45) is 0 Å². The third-order valence-corrected chi connectivity index (χ3v) is 5.53. The maximum absolute atomic E-state index is 11.3. The van der Waals surface area contributed by atoms with Crippen molar-refractivity contribution in [2.45, 2.75) is 12.2 Å². The van der Waals surface area contributed by atoms with Gasteiger partial charge in [-0.2, -0.15) is 4.21 Å². The second-order valence-electron chi connectivity index (χ2n) is 3.47. The van der Waals surface area contributed by atoms with Gasteiger partial charge in [0, 0.05) is 10.8 Å². The zero-order valence-corrected chi connectivity index (χ0v) is 11.7. The van der Waals surface area contributed by atoms with E-state index in [0.717, 1.165) is 10.8 Å². The molecule has 0 aromatic carbocycles. The quantitative estimate of drug-likeness (QED) is 0.648. The molecule has 0 spiro atoms. The van der Waals surface area contributed by atoms with E-state index in [0.29, 0.717) is 0 Å². The lowest BCUT2D eigenvalue weighted by Gasteiger charge is -2.12. The standard InChI is InChI=1S/C8H12O7S3/c1-3-17(10,11)5-7-8(15-16(9)14-7)6-18(12,13)4-2/h3-4,7-8H,1-2,5-6H2. The molecule has 104 valence electrons. The summed E-state index contributed by atoms with van der Waals surface area (Å²) in [5.41, 5.74) is 0. The van der Waals surface area contributed by atoms with Crippen LogP contribution in [0.1, 0.15) is 0 Å². The summed E-state index contributed by atoms with van der Waals surface area (Å²) in [6.07, 6.45) is -2.24. The first kappa shape index (κ1) is 15.5. The average molecular weight is 316 g/mol. The molecule has 0 amide bonds. The largest absolute Gasteiger partial charge is 0.305 e. The maximum atomic E-state index is 11.3. The van der Waals surface area contributed by atoms with E-state index in [1.165, 1.54) is 0 Å². The maximum Gasteiger partial charge on any atom is 0.305 e. The highest BCUT2D eigenvalue weighted by Crippen LogP contribution is 2.21. The molecule has 1 aliphatic rings. The van der Waals surface area contributed by atoms with Gasteiger partial charge in [0.15, 0.2) is 19.7 Å². The lowest BCUT2D eigenvalue weighted by atomic mass is 10.3. The zero-order chi connectivity index (χ0) is 14.0. The molecule has 7 nitrogen and oxygen atoms in total. The Balaban J connectivity index is 2.87. The van der Waals surface area contributed by atoms with Crippen molar-refractivity contribution >= 4 is 31.0 Å². The van der Waals surface area contributed by atoms with Crippen LogP contribution in [-0.2, 0) is 39.4 Å². The molecule has 2 atom stereocenters. The molecule has 1 fully saturated rings. The van der Waals surface area contributed by atoms with Crippen molar-refractivity contribution in [3.05, 3.63) is 24.0 Å². The lowest BCUT2D eigenvalue weighted by molar-refractivity contribution is 0.191. The van der Waals surface area contributed by atoms with Gasteiger partial charge in [0.25, 0.3) is 0 Å². The van der Waals surface area contributed by atoms with Crippen molar-refractivity contribution in [2.75, 3.05) is 11.5 Å². The first-order valence-electron chi connectivity index (χ1n) is 4.65. The zero-order valence-electron chi connectivity index (χ0n) is 9.22. The van der Waals surface area contributed by atoms with Gasteiger partial charge >= 0.3 is 11.4 Å². The van der Waals surface area contributed by atoms with Gasteiger partial charge in [0.1, 0.15) is 12.2 Å². The fourth-order valence-corrected chi connectivity index (χ4v) is 3.97. The molecule has 1 saturated heterocycles. The van der Waals surface area contributed by atoms with Crippen molar-refractivity contribution in [1.29, 1.82) is 0 Å². The van der Waals surface area contributed by atoms with E-state index in [1.807, 2.05) is 0 Å². The molecule has 0 radical (unpaired) electrons. The van der Waals surface area contributed by atoms with Gasteiger partial charge in [0.2, 0.25) is 0 Å². The Hall–Kier alpha value is -0.550. The minimum absolute atomic E-state index is 0.542. The van der Waals surface area contributed by atoms with Gasteiger partial charge in [0.05, 0.1) is 11.5 Å². The lowest BCUT2D eigenvalue weighted by Crippen LogP contribution is -2.34. The van der Waals surface area contributed by atoms with Crippen LogP contribution in [0.25, 0.3) is 0 Å². The Labute approximate surface area is 108 Å². The second kappa shape index (κ2) is 5.61. The Bertz CT molecular complexity index is 509.